The second kappa shape index (κ2) is 7.14. The number of benzene rings is 2. The Kier molecular flexibility index (Phi) is 4.94. The number of anilines is 2. The second-order valence-electron chi connectivity index (χ2n) is 5.94. The second-order valence-corrected chi connectivity index (χ2v) is 7.95. The lowest BCUT2D eigenvalue weighted by Crippen LogP contribution is -2.25. The quantitative estimate of drug-likeness (QED) is 0.889. The predicted octanol–water partition coefficient (Wildman–Crippen LogP) is 2.55. The van der Waals surface area contributed by atoms with E-state index in [1.807, 2.05) is 31.2 Å². The normalized spacial score (nSPS) is 15.8. The van der Waals surface area contributed by atoms with E-state index in [4.69, 9.17) is 4.74 Å². The minimum atomic E-state index is -3.24. The molecule has 0 aliphatic carbocycles. The van der Waals surface area contributed by atoms with Crippen molar-refractivity contribution in [2.24, 2.45) is 0 Å². The molecule has 1 aliphatic heterocycles. The molecule has 1 saturated heterocycles. The van der Waals surface area contributed by atoms with Crippen molar-refractivity contribution in [1.82, 2.24) is 0 Å². The van der Waals surface area contributed by atoms with E-state index in [1.54, 1.807) is 24.3 Å². The number of amides is 1. The molecule has 1 fully saturated rings. The molecular formula is C18H20N2O4S. The predicted molar refractivity (Wildman–Crippen MR) is 97.5 cm³/mol. The Bertz CT molecular complexity index is 863. The summed E-state index contributed by atoms with van der Waals surface area (Å²) in [5.41, 5.74) is 2.22. The Balaban J connectivity index is 1.62. The van der Waals surface area contributed by atoms with E-state index in [0.717, 1.165) is 5.56 Å². The van der Waals surface area contributed by atoms with Crippen molar-refractivity contribution < 1.29 is 17.9 Å². The number of sulfonamides is 1. The largest absolute Gasteiger partial charge is 0.484 e. The average molecular weight is 360 g/mol. The molecule has 0 radical (unpaired) electrons. The molecule has 1 aliphatic rings. The van der Waals surface area contributed by atoms with Gasteiger partial charge in [-0.15, -0.1) is 0 Å². The van der Waals surface area contributed by atoms with Gasteiger partial charge in [0.15, 0.2) is 6.61 Å². The Hall–Kier alpha value is -2.54. The van der Waals surface area contributed by atoms with Crippen LogP contribution in [0.1, 0.15) is 12.0 Å². The van der Waals surface area contributed by atoms with Crippen molar-refractivity contribution in [3.63, 3.8) is 0 Å². The molecule has 132 valence electrons. The smallest absolute Gasteiger partial charge is 0.262 e. The van der Waals surface area contributed by atoms with Crippen molar-refractivity contribution >= 4 is 27.3 Å². The first-order valence-corrected chi connectivity index (χ1v) is 9.65. The number of nitrogens with zero attached hydrogens (tertiary/aromatic N) is 1. The monoisotopic (exact) mass is 360 g/mol. The maximum atomic E-state index is 12.0. The van der Waals surface area contributed by atoms with Crippen molar-refractivity contribution in [3.8, 4) is 5.75 Å². The zero-order valence-electron chi connectivity index (χ0n) is 13.9. The van der Waals surface area contributed by atoms with E-state index in [-0.39, 0.29) is 18.3 Å². The highest BCUT2D eigenvalue weighted by molar-refractivity contribution is 7.93. The molecule has 0 aromatic heterocycles. The number of hydrogen-bond donors (Lipinski definition) is 1. The van der Waals surface area contributed by atoms with Crippen molar-refractivity contribution in [2.75, 3.05) is 28.5 Å². The van der Waals surface area contributed by atoms with Gasteiger partial charge in [-0.1, -0.05) is 23.8 Å². The van der Waals surface area contributed by atoms with Gasteiger partial charge in [0.1, 0.15) is 5.75 Å². The van der Waals surface area contributed by atoms with Crippen LogP contribution < -0.4 is 14.4 Å². The first-order valence-electron chi connectivity index (χ1n) is 8.04. The van der Waals surface area contributed by atoms with Gasteiger partial charge in [-0.3, -0.25) is 9.10 Å². The maximum Gasteiger partial charge on any atom is 0.262 e. The Morgan fingerprint density at radius 3 is 2.64 bits per heavy atom. The van der Waals surface area contributed by atoms with Gasteiger partial charge in [0, 0.05) is 12.2 Å². The third-order valence-corrected chi connectivity index (χ3v) is 5.78. The zero-order valence-corrected chi connectivity index (χ0v) is 14.8. The van der Waals surface area contributed by atoms with Crippen LogP contribution in [-0.2, 0) is 14.8 Å². The molecule has 0 unspecified atom stereocenters. The lowest BCUT2D eigenvalue weighted by Gasteiger charge is -2.17. The highest BCUT2D eigenvalue weighted by atomic mass is 32.2. The van der Waals surface area contributed by atoms with Crippen LogP contribution in [0.4, 0.5) is 11.4 Å². The van der Waals surface area contributed by atoms with Gasteiger partial charge < -0.3 is 10.1 Å². The first kappa shape index (κ1) is 17.3. The van der Waals surface area contributed by atoms with Gasteiger partial charge >= 0.3 is 0 Å². The number of hydrogen-bond acceptors (Lipinski definition) is 4. The van der Waals surface area contributed by atoms with E-state index in [2.05, 4.69) is 5.32 Å². The van der Waals surface area contributed by atoms with E-state index in [0.29, 0.717) is 30.1 Å². The van der Waals surface area contributed by atoms with Gasteiger partial charge in [0.25, 0.3) is 5.91 Å². The van der Waals surface area contributed by atoms with Crippen LogP contribution in [0.25, 0.3) is 0 Å². The molecule has 2 aromatic carbocycles. The summed E-state index contributed by atoms with van der Waals surface area (Å²) < 4.78 is 30.8. The standard InChI is InChI=1S/C18H20N2O4S/c1-14-6-8-17(9-7-14)24-13-18(21)19-15-4-2-5-16(12-15)20-10-3-11-25(20,22)23/h2,4-9,12H,3,10-11,13H2,1H3,(H,19,21). The highest BCUT2D eigenvalue weighted by Gasteiger charge is 2.28. The molecule has 7 heteroatoms. The third-order valence-electron chi connectivity index (χ3n) is 3.91. The fourth-order valence-corrected chi connectivity index (χ4v) is 4.21. The molecule has 1 N–H and O–H groups in total. The van der Waals surface area contributed by atoms with Crippen molar-refractivity contribution in [1.29, 1.82) is 0 Å². The average Bonchev–Trinajstić information content (AvgIpc) is 2.94. The molecule has 3 rings (SSSR count). The fourth-order valence-electron chi connectivity index (χ4n) is 2.65. The zero-order chi connectivity index (χ0) is 17.9. The molecule has 0 atom stereocenters. The van der Waals surface area contributed by atoms with Gasteiger partial charge in [-0.2, -0.15) is 0 Å². The van der Waals surface area contributed by atoms with Crippen molar-refractivity contribution in [3.05, 3.63) is 54.1 Å². The maximum absolute atomic E-state index is 12.0. The number of carbonyl (C=O) groups excluding carboxylic acids is 1. The van der Waals surface area contributed by atoms with Gasteiger partial charge in [0.2, 0.25) is 10.0 Å². The molecule has 2 aromatic rings. The Morgan fingerprint density at radius 2 is 1.96 bits per heavy atom. The lowest BCUT2D eigenvalue weighted by molar-refractivity contribution is -0.118. The SMILES string of the molecule is Cc1ccc(OCC(=O)Nc2cccc(N3CCCS3(=O)=O)c2)cc1. The Morgan fingerprint density at radius 1 is 1.20 bits per heavy atom. The van der Waals surface area contributed by atoms with Crippen LogP contribution in [0.15, 0.2) is 48.5 Å². The van der Waals surface area contributed by atoms with Crippen molar-refractivity contribution in [2.45, 2.75) is 13.3 Å². The van der Waals surface area contributed by atoms with Gasteiger partial charge in [-0.25, -0.2) is 8.42 Å². The minimum absolute atomic E-state index is 0.116. The van der Waals surface area contributed by atoms with E-state index in [1.165, 1.54) is 4.31 Å². The van der Waals surface area contributed by atoms with Crippen LogP contribution in [0.5, 0.6) is 5.75 Å². The summed E-state index contributed by atoms with van der Waals surface area (Å²) in [6.07, 6.45) is 0.614. The third kappa shape index (κ3) is 4.30. The molecular weight excluding hydrogens is 340 g/mol. The number of nitrogens with one attached hydrogen (secondary N) is 1. The molecule has 0 spiro atoms. The van der Waals surface area contributed by atoms with Gasteiger partial charge in [-0.05, 0) is 43.7 Å². The van der Waals surface area contributed by atoms with Crippen LogP contribution in [0.3, 0.4) is 0 Å². The summed E-state index contributed by atoms with van der Waals surface area (Å²) in [4.78, 5) is 12.0. The highest BCUT2D eigenvalue weighted by Crippen LogP contribution is 2.26. The molecule has 0 bridgehead atoms. The molecule has 25 heavy (non-hydrogen) atoms. The van der Waals surface area contributed by atoms with Crippen LogP contribution in [0, 0.1) is 6.92 Å². The summed E-state index contributed by atoms with van der Waals surface area (Å²) in [5.74, 6) is 0.480. The minimum Gasteiger partial charge on any atom is -0.484 e. The Labute approximate surface area is 147 Å². The topological polar surface area (TPSA) is 75.7 Å². The van der Waals surface area contributed by atoms with Crippen LogP contribution in [-0.4, -0.2) is 33.2 Å². The fraction of sp³-hybridized carbons (Fsp3) is 0.278. The van der Waals surface area contributed by atoms with E-state index in [9.17, 15) is 13.2 Å². The number of aryl methyl sites for hydroxylation is 1. The molecule has 6 nitrogen and oxygen atoms in total. The first-order chi connectivity index (χ1) is 11.9. The number of rotatable bonds is 5. The van der Waals surface area contributed by atoms with Crippen LogP contribution >= 0.6 is 0 Å². The van der Waals surface area contributed by atoms with Crippen LogP contribution in [0.2, 0.25) is 0 Å². The van der Waals surface area contributed by atoms with Gasteiger partial charge in [0.05, 0.1) is 11.4 Å². The molecule has 1 heterocycles. The number of carbonyl (C=O) groups is 1. The summed E-state index contributed by atoms with van der Waals surface area (Å²) in [6.45, 7) is 2.33. The summed E-state index contributed by atoms with van der Waals surface area (Å²) >= 11 is 0. The van der Waals surface area contributed by atoms with E-state index < -0.39 is 10.0 Å². The number of ether oxygens (including phenoxy) is 1. The summed E-state index contributed by atoms with van der Waals surface area (Å²) in [7, 11) is -3.24. The van der Waals surface area contributed by atoms with E-state index >= 15 is 0 Å². The summed E-state index contributed by atoms with van der Waals surface area (Å²) in [6, 6.07) is 14.3. The lowest BCUT2D eigenvalue weighted by atomic mass is 10.2. The molecule has 1 amide bonds. The summed E-state index contributed by atoms with van der Waals surface area (Å²) in [5, 5.41) is 2.73. The molecule has 0 saturated carbocycles.